The summed E-state index contributed by atoms with van der Waals surface area (Å²) in [6.07, 6.45) is 0. The fraction of sp³-hybridized carbons (Fsp3) is 0.143. The van der Waals surface area contributed by atoms with Crippen molar-refractivity contribution in [2.75, 3.05) is 0 Å². The fourth-order valence-corrected chi connectivity index (χ4v) is 5.21. The molecule has 0 amide bonds. The molecule has 0 aliphatic carbocycles. The lowest BCUT2D eigenvalue weighted by Gasteiger charge is -2.12. The number of aryl methyl sites for hydroxylation is 2. The fourth-order valence-electron chi connectivity index (χ4n) is 2.92. The van der Waals surface area contributed by atoms with Crippen molar-refractivity contribution in [1.82, 2.24) is 9.55 Å². The highest BCUT2D eigenvalue weighted by atomic mass is 35.5. The molecule has 4 rings (SSSR count). The zero-order valence-corrected chi connectivity index (χ0v) is 18.3. The number of aromatic nitrogens is 2. The average Bonchev–Trinajstić information content (AvgIpc) is 2.96. The number of hydrogen-bond acceptors (Lipinski definition) is 4. The van der Waals surface area contributed by atoms with Crippen LogP contribution in [0.15, 0.2) is 58.5 Å². The Balaban J connectivity index is 1.85. The number of nitrogens with zero attached hydrogens (tertiary/aromatic N) is 2. The van der Waals surface area contributed by atoms with E-state index in [1.54, 1.807) is 28.0 Å². The summed E-state index contributed by atoms with van der Waals surface area (Å²) in [6, 6.07) is 15.0. The van der Waals surface area contributed by atoms with E-state index in [0.717, 1.165) is 26.5 Å². The summed E-state index contributed by atoms with van der Waals surface area (Å²) in [7, 11) is 0. The molecule has 0 N–H and O–H groups in total. The summed E-state index contributed by atoms with van der Waals surface area (Å²) in [5.41, 5.74) is 2.82. The zero-order valence-electron chi connectivity index (χ0n) is 15.2. The summed E-state index contributed by atoms with van der Waals surface area (Å²) in [4.78, 5) is 20.1. The first kappa shape index (κ1) is 19.5. The van der Waals surface area contributed by atoms with Crippen LogP contribution in [0.3, 0.4) is 0 Å². The molecule has 2 aromatic heterocycles. The molecule has 4 aromatic rings. The minimum Gasteiger partial charge on any atom is -0.268 e. The number of thiophene rings is 1. The van der Waals surface area contributed by atoms with E-state index in [-0.39, 0.29) is 5.56 Å². The molecular formula is C21H16Cl2N2OS2. The highest BCUT2D eigenvalue weighted by Crippen LogP contribution is 2.31. The van der Waals surface area contributed by atoms with Crippen molar-refractivity contribution >= 4 is 56.5 Å². The summed E-state index contributed by atoms with van der Waals surface area (Å²) in [5.74, 6) is 0.687. The second-order valence-corrected chi connectivity index (χ2v) is 9.41. The van der Waals surface area contributed by atoms with Gasteiger partial charge in [-0.3, -0.25) is 9.36 Å². The SMILES string of the molecule is Cc1sc2nc(SCc3ccc(Cl)cc3)n(-c3ccc(Cl)cc3)c(=O)c2c1C. The maximum Gasteiger partial charge on any atom is 0.267 e. The first-order chi connectivity index (χ1) is 13.4. The van der Waals surface area contributed by atoms with Crippen LogP contribution < -0.4 is 5.56 Å². The van der Waals surface area contributed by atoms with Gasteiger partial charge in [-0.2, -0.15) is 0 Å². The Morgan fingerprint density at radius 3 is 2.25 bits per heavy atom. The Labute approximate surface area is 181 Å². The van der Waals surface area contributed by atoms with Crippen LogP contribution in [-0.2, 0) is 5.75 Å². The van der Waals surface area contributed by atoms with Gasteiger partial charge in [0.05, 0.1) is 11.1 Å². The zero-order chi connectivity index (χ0) is 19.8. The highest BCUT2D eigenvalue weighted by Gasteiger charge is 2.18. The van der Waals surface area contributed by atoms with Crippen LogP contribution in [0.2, 0.25) is 10.0 Å². The van der Waals surface area contributed by atoms with Gasteiger partial charge in [-0.25, -0.2) is 4.98 Å². The maximum atomic E-state index is 13.4. The van der Waals surface area contributed by atoms with E-state index in [4.69, 9.17) is 28.2 Å². The van der Waals surface area contributed by atoms with Crippen LogP contribution >= 0.6 is 46.3 Å². The van der Waals surface area contributed by atoms with Crippen molar-refractivity contribution in [3.8, 4) is 5.69 Å². The lowest BCUT2D eigenvalue weighted by atomic mass is 10.2. The Kier molecular flexibility index (Phi) is 5.52. The van der Waals surface area contributed by atoms with Crippen molar-refractivity contribution in [1.29, 1.82) is 0 Å². The van der Waals surface area contributed by atoms with Crippen LogP contribution in [0.5, 0.6) is 0 Å². The molecule has 0 atom stereocenters. The van der Waals surface area contributed by atoms with E-state index in [1.807, 2.05) is 50.2 Å². The smallest absolute Gasteiger partial charge is 0.267 e. The number of hydrogen-bond donors (Lipinski definition) is 0. The van der Waals surface area contributed by atoms with Crippen molar-refractivity contribution in [3.63, 3.8) is 0 Å². The number of halogens is 2. The van der Waals surface area contributed by atoms with Crippen LogP contribution in [0.4, 0.5) is 0 Å². The van der Waals surface area contributed by atoms with Gasteiger partial charge >= 0.3 is 0 Å². The molecule has 0 fully saturated rings. The Morgan fingerprint density at radius 2 is 1.61 bits per heavy atom. The van der Waals surface area contributed by atoms with Gasteiger partial charge in [0.2, 0.25) is 0 Å². The standard InChI is InChI=1S/C21H16Cl2N2OS2/c1-12-13(2)28-19-18(12)20(26)25(17-9-7-16(23)8-10-17)21(24-19)27-11-14-3-5-15(22)6-4-14/h3-10H,11H2,1-2H3. The van der Waals surface area contributed by atoms with Gasteiger partial charge in [0.1, 0.15) is 4.83 Å². The molecule has 3 nitrogen and oxygen atoms in total. The number of fused-ring (bicyclic) bond motifs is 1. The molecule has 7 heteroatoms. The lowest BCUT2D eigenvalue weighted by Crippen LogP contribution is -2.21. The predicted octanol–water partition coefficient (Wildman–Crippen LogP) is 6.66. The number of rotatable bonds is 4. The van der Waals surface area contributed by atoms with Crippen molar-refractivity contribution < 1.29 is 0 Å². The third-order valence-electron chi connectivity index (χ3n) is 4.54. The molecule has 2 heterocycles. The molecule has 0 spiro atoms. The van der Waals surface area contributed by atoms with Crippen LogP contribution in [-0.4, -0.2) is 9.55 Å². The molecule has 0 radical (unpaired) electrons. The van der Waals surface area contributed by atoms with Gasteiger partial charge in [0, 0.05) is 20.7 Å². The summed E-state index contributed by atoms with van der Waals surface area (Å²) < 4.78 is 1.68. The van der Waals surface area contributed by atoms with E-state index in [2.05, 4.69) is 0 Å². The highest BCUT2D eigenvalue weighted by molar-refractivity contribution is 7.98. The minimum absolute atomic E-state index is 0.0484. The molecule has 0 aliphatic rings. The van der Waals surface area contributed by atoms with Gasteiger partial charge in [-0.05, 0) is 61.4 Å². The Hall–Kier alpha value is -1.79. The number of thioether (sulfide) groups is 1. The van der Waals surface area contributed by atoms with Crippen LogP contribution in [0, 0.1) is 13.8 Å². The van der Waals surface area contributed by atoms with Crippen molar-refractivity contribution in [2.24, 2.45) is 0 Å². The molecule has 0 bridgehead atoms. The summed E-state index contributed by atoms with van der Waals surface area (Å²) in [5, 5.41) is 2.68. The van der Waals surface area contributed by atoms with E-state index in [9.17, 15) is 4.79 Å². The van der Waals surface area contributed by atoms with Gasteiger partial charge < -0.3 is 0 Å². The van der Waals surface area contributed by atoms with Crippen molar-refractivity contribution in [3.05, 3.63) is 84.9 Å². The molecule has 0 saturated heterocycles. The second kappa shape index (κ2) is 7.91. The van der Waals surface area contributed by atoms with E-state index < -0.39 is 0 Å². The van der Waals surface area contributed by atoms with Gasteiger partial charge in [-0.15, -0.1) is 11.3 Å². The second-order valence-electron chi connectivity index (χ2n) is 6.39. The van der Waals surface area contributed by atoms with Crippen LogP contribution in [0.25, 0.3) is 15.9 Å². The molecule has 0 aliphatic heterocycles. The topological polar surface area (TPSA) is 34.9 Å². The lowest BCUT2D eigenvalue weighted by molar-refractivity contribution is 0.822. The minimum atomic E-state index is -0.0484. The molecule has 2 aromatic carbocycles. The Bertz CT molecular complexity index is 1210. The third kappa shape index (κ3) is 3.72. The Morgan fingerprint density at radius 1 is 1.00 bits per heavy atom. The molecule has 0 saturated carbocycles. The van der Waals surface area contributed by atoms with E-state index in [0.29, 0.717) is 26.3 Å². The first-order valence-electron chi connectivity index (χ1n) is 8.60. The molecular weight excluding hydrogens is 431 g/mol. The number of benzene rings is 2. The average molecular weight is 447 g/mol. The monoisotopic (exact) mass is 446 g/mol. The largest absolute Gasteiger partial charge is 0.268 e. The van der Waals surface area contributed by atoms with Crippen LogP contribution in [0.1, 0.15) is 16.0 Å². The quantitative estimate of drug-likeness (QED) is 0.259. The summed E-state index contributed by atoms with van der Waals surface area (Å²) >= 11 is 15.1. The summed E-state index contributed by atoms with van der Waals surface area (Å²) in [6.45, 7) is 4.00. The first-order valence-corrected chi connectivity index (χ1v) is 11.2. The van der Waals surface area contributed by atoms with Gasteiger partial charge in [0.15, 0.2) is 5.16 Å². The normalized spacial score (nSPS) is 11.3. The van der Waals surface area contributed by atoms with E-state index in [1.165, 1.54) is 11.8 Å². The predicted molar refractivity (Wildman–Crippen MR) is 121 cm³/mol. The van der Waals surface area contributed by atoms with E-state index >= 15 is 0 Å². The van der Waals surface area contributed by atoms with Crippen molar-refractivity contribution in [2.45, 2.75) is 24.8 Å². The molecule has 0 unspecified atom stereocenters. The molecule has 28 heavy (non-hydrogen) atoms. The van der Waals surface area contributed by atoms with Gasteiger partial charge in [0.25, 0.3) is 5.56 Å². The molecule has 142 valence electrons. The maximum absolute atomic E-state index is 13.4. The third-order valence-corrected chi connectivity index (χ3v) is 7.15. The van der Waals surface area contributed by atoms with Gasteiger partial charge in [-0.1, -0.05) is 47.1 Å².